The zero-order valence-corrected chi connectivity index (χ0v) is 29.3. The summed E-state index contributed by atoms with van der Waals surface area (Å²) in [6.45, 7) is 8.04. The molecular weight excluding hydrogens is 693 g/mol. The lowest BCUT2D eigenvalue weighted by atomic mass is 9.98. The van der Waals surface area contributed by atoms with Gasteiger partial charge < -0.3 is 10.1 Å². The number of hydrogen-bond acceptors (Lipinski definition) is 6. The minimum absolute atomic E-state index is 0.144. The molecule has 3 heterocycles. The van der Waals surface area contributed by atoms with Crippen molar-refractivity contribution in [2.45, 2.75) is 46.4 Å². The molecule has 1 aromatic heterocycles. The Balaban J connectivity index is 1.21. The number of nitrogens with one attached hydrogen (secondary N) is 1. The molecule has 15 heteroatoms. The number of aryl methyl sites for hydroxylation is 2. The minimum Gasteiger partial charge on any atom is -0.406 e. The first kappa shape index (κ1) is 35.0. The molecule has 1 saturated heterocycles. The number of alkyl halides is 3. The molecule has 0 atom stereocenters. The zero-order chi connectivity index (χ0) is 36.1. The van der Waals surface area contributed by atoms with Gasteiger partial charge in [-0.1, -0.05) is 55.4 Å². The van der Waals surface area contributed by atoms with Crippen LogP contribution in [0.25, 0.3) is 11.3 Å². The number of rotatable bonds is 6. The fourth-order valence-electron chi connectivity index (χ4n) is 6.15. The molecule has 0 radical (unpaired) electrons. The molecular formula is C35H32ClF3N6O4S. The van der Waals surface area contributed by atoms with Crippen molar-refractivity contribution in [2.75, 3.05) is 27.4 Å². The summed E-state index contributed by atoms with van der Waals surface area (Å²) >= 11 is 7.81. The Morgan fingerprint density at radius 1 is 1.08 bits per heavy atom. The molecule has 6 rings (SSSR count). The van der Waals surface area contributed by atoms with Crippen LogP contribution in [0.2, 0.25) is 5.02 Å². The first-order valence-electron chi connectivity index (χ1n) is 15.6. The highest BCUT2D eigenvalue weighted by Crippen LogP contribution is 2.37. The largest absolute Gasteiger partial charge is 0.573 e. The summed E-state index contributed by atoms with van der Waals surface area (Å²) in [7, 11) is 1.69. The molecule has 1 N–H and O–H groups in total. The van der Waals surface area contributed by atoms with Crippen molar-refractivity contribution < 1.29 is 32.3 Å². The van der Waals surface area contributed by atoms with E-state index in [0.29, 0.717) is 46.0 Å². The van der Waals surface area contributed by atoms with Gasteiger partial charge in [0.05, 0.1) is 27.8 Å². The fourth-order valence-corrected chi connectivity index (χ4v) is 7.23. The second kappa shape index (κ2) is 13.5. The predicted molar refractivity (Wildman–Crippen MR) is 189 cm³/mol. The summed E-state index contributed by atoms with van der Waals surface area (Å²) < 4.78 is 43.7. The number of thioether (sulfide) groups is 1. The molecule has 0 unspecified atom stereocenters. The third-order valence-electron chi connectivity index (χ3n) is 8.39. The lowest BCUT2D eigenvalue weighted by Gasteiger charge is -2.29. The Morgan fingerprint density at radius 3 is 2.54 bits per heavy atom. The van der Waals surface area contributed by atoms with Gasteiger partial charge in [0, 0.05) is 30.3 Å². The molecule has 2 aliphatic heterocycles. The van der Waals surface area contributed by atoms with E-state index in [0.717, 1.165) is 17.2 Å². The number of hydrogen-bond donors (Lipinski definition) is 1. The first-order chi connectivity index (χ1) is 23.6. The molecule has 4 amide bonds. The number of anilines is 3. The SMILES string of the molecule is Cc1ccc(C(C)C)c(N2C(=O)CS/C2=N\C(=O)Nc2ccc(-c3nn(C)c(N4CCc5cc(OC(F)(F)F)ccc5C4=O)c3C)cc2Cl)c1. The molecule has 0 aliphatic carbocycles. The van der Waals surface area contributed by atoms with Crippen molar-refractivity contribution in [3.05, 3.63) is 87.4 Å². The van der Waals surface area contributed by atoms with E-state index in [1.165, 1.54) is 28.8 Å². The minimum atomic E-state index is -4.83. The Hall–Kier alpha value is -4.82. The second-order valence-corrected chi connectivity index (χ2v) is 13.6. The van der Waals surface area contributed by atoms with Crippen LogP contribution >= 0.6 is 23.4 Å². The van der Waals surface area contributed by atoms with Crippen LogP contribution in [0.4, 0.5) is 35.2 Å². The van der Waals surface area contributed by atoms with Crippen LogP contribution in [-0.4, -0.2) is 51.5 Å². The summed E-state index contributed by atoms with van der Waals surface area (Å²) in [5.41, 5.74) is 5.54. The molecule has 260 valence electrons. The van der Waals surface area contributed by atoms with Gasteiger partial charge >= 0.3 is 12.4 Å². The Morgan fingerprint density at radius 2 is 1.84 bits per heavy atom. The first-order valence-corrected chi connectivity index (χ1v) is 17.0. The van der Waals surface area contributed by atoms with E-state index in [-0.39, 0.29) is 51.5 Å². The lowest BCUT2D eigenvalue weighted by Crippen LogP contribution is -2.39. The second-order valence-electron chi connectivity index (χ2n) is 12.2. The van der Waals surface area contributed by atoms with E-state index in [9.17, 15) is 27.6 Å². The summed E-state index contributed by atoms with van der Waals surface area (Å²) in [5.74, 6) is -0.0852. The van der Waals surface area contributed by atoms with E-state index >= 15 is 0 Å². The van der Waals surface area contributed by atoms with E-state index in [2.05, 4.69) is 20.1 Å². The molecule has 1 fully saturated rings. The topological polar surface area (TPSA) is 109 Å². The molecule has 50 heavy (non-hydrogen) atoms. The van der Waals surface area contributed by atoms with Gasteiger partial charge in [0.1, 0.15) is 11.6 Å². The number of benzene rings is 3. The molecule has 0 bridgehead atoms. The van der Waals surface area contributed by atoms with E-state index in [4.69, 9.17) is 11.6 Å². The van der Waals surface area contributed by atoms with E-state index < -0.39 is 12.4 Å². The lowest BCUT2D eigenvalue weighted by molar-refractivity contribution is -0.274. The maximum atomic E-state index is 13.5. The molecule has 2 aliphatic rings. The summed E-state index contributed by atoms with van der Waals surface area (Å²) in [5, 5.41) is 7.84. The van der Waals surface area contributed by atoms with E-state index in [1.807, 2.05) is 45.9 Å². The number of urea groups is 1. The van der Waals surface area contributed by atoms with Gasteiger partial charge in [-0.25, -0.2) is 4.79 Å². The standard InChI is InChI=1S/C35H32ClF3N6O4S/c1-18(2)24-9-6-19(3)14-28(24)45-29(46)17-50-34(45)41-33(48)40-27-11-7-22(16-26(27)36)30-20(4)31(43(5)42-30)44-13-12-21-15-23(49-35(37,38)39)8-10-25(21)32(44)47/h6-11,14-16,18H,12-13,17H2,1-5H3,(H,40,48)/b41-34-. The van der Waals surface area contributed by atoms with Crippen LogP contribution in [0.3, 0.4) is 0 Å². The number of amidine groups is 1. The molecule has 0 spiro atoms. The van der Waals surface area contributed by atoms with Crippen molar-refractivity contribution in [3.8, 4) is 17.0 Å². The number of carbonyl (C=O) groups excluding carboxylic acids is 3. The molecule has 0 saturated carbocycles. The van der Waals surface area contributed by atoms with Gasteiger partial charge in [0.2, 0.25) is 5.91 Å². The van der Waals surface area contributed by atoms with Gasteiger partial charge in [-0.2, -0.15) is 10.1 Å². The third-order valence-corrected chi connectivity index (χ3v) is 9.63. The Bertz CT molecular complexity index is 2080. The number of ether oxygens (including phenoxy) is 1. The number of nitrogens with zero attached hydrogens (tertiary/aromatic N) is 5. The van der Waals surface area contributed by atoms with Crippen molar-refractivity contribution >= 4 is 63.6 Å². The van der Waals surface area contributed by atoms with Crippen LogP contribution in [0.1, 0.15) is 52.4 Å². The van der Waals surface area contributed by atoms with Crippen LogP contribution in [0.15, 0.2) is 59.6 Å². The highest BCUT2D eigenvalue weighted by molar-refractivity contribution is 8.15. The number of carbonyl (C=O) groups is 3. The summed E-state index contributed by atoms with van der Waals surface area (Å²) in [4.78, 5) is 46.8. The summed E-state index contributed by atoms with van der Waals surface area (Å²) in [6, 6.07) is 13.9. The summed E-state index contributed by atoms with van der Waals surface area (Å²) in [6.07, 6.45) is -4.52. The number of fused-ring (bicyclic) bond motifs is 1. The zero-order valence-electron chi connectivity index (χ0n) is 27.7. The smallest absolute Gasteiger partial charge is 0.406 e. The van der Waals surface area contributed by atoms with Gasteiger partial charge in [-0.15, -0.1) is 13.2 Å². The van der Waals surface area contributed by atoms with Gasteiger partial charge in [0.15, 0.2) is 5.17 Å². The van der Waals surface area contributed by atoms with Crippen LogP contribution in [-0.2, 0) is 18.3 Å². The maximum Gasteiger partial charge on any atom is 0.573 e. The average molecular weight is 725 g/mol. The number of aromatic nitrogens is 2. The number of halogens is 4. The van der Waals surface area contributed by atoms with Gasteiger partial charge in [-0.05, 0) is 79.3 Å². The van der Waals surface area contributed by atoms with Gasteiger partial charge in [0.25, 0.3) is 5.91 Å². The molecule has 4 aromatic rings. The Kier molecular flexibility index (Phi) is 9.44. The van der Waals surface area contributed by atoms with Crippen LogP contribution in [0, 0.1) is 13.8 Å². The van der Waals surface area contributed by atoms with Gasteiger partial charge in [-0.3, -0.25) is 24.1 Å². The van der Waals surface area contributed by atoms with Crippen molar-refractivity contribution in [1.82, 2.24) is 9.78 Å². The van der Waals surface area contributed by atoms with Crippen molar-refractivity contribution in [2.24, 2.45) is 12.0 Å². The monoisotopic (exact) mass is 724 g/mol. The molecule has 10 nitrogen and oxygen atoms in total. The predicted octanol–water partition coefficient (Wildman–Crippen LogP) is 8.25. The van der Waals surface area contributed by atoms with Crippen molar-refractivity contribution in [1.29, 1.82) is 0 Å². The third kappa shape index (κ3) is 6.94. The number of amides is 4. The average Bonchev–Trinajstić information content (AvgIpc) is 3.54. The highest BCUT2D eigenvalue weighted by atomic mass is 35.5. The number of aliphatic imine (C=N–C) groups is 1. The quantitative estimate of drug-likeness (QED) is 0.215. The maximum absolute atomic E-state index is 13.5. The Labute approximate surface area is 295 Å². The van der Waals surface area contributed by atoms with E-state index in [1.54, 1.807) is 34.8 Å². The van der Waals surface area contributed by atoms with Crippen LogP contribution < -0.4 is 19.9 Å². The fraction of sp³-hybridized carbons (Fsp3) is 0.286. The van der Waals surface area contributed by atoms with Crippen molar-refractivity contribution in [3.63, 3.8) is 0 Å². The van der Waals surface area contributed by atoms with Crippen LogP contribution in [0.5, 0.6) is 5.75 Å². The molecule has 3 aromatic carbocycles. The highest BCUT2D eigenvalue weighted by Gasteiger charge is 2.35. The normalized spacial score (nSPS) is 15.7.